The second kappa shape index (κ2) is 4.63. The largest absolute Gasteiger partial charge is 0.493 e. The molecule has 0 bridgehead atoms. The molecule has 1 unspecified atom stereocenters. The molecule has 1 aliphatic heterocycles. The van der Waals surface area contributed by atoms with Crippen LogP contribution in [0.5, 0.6) is 11.5 Å². The molecule has 0 aliphatic carbocycles. The van der Waals surface area contributed by atoms with Gasteiger partial charge in [0.1, 0.15) is 0 Å². The molecule has 1 aromatic carbocycles. The van der Waals surface area contributed by atoms with E-state index in [-0.39, 0.29) is 11.9 Å². The molecule has 0 radical (unpaired) electrons. The van der Waals surface area contributed by atoms with Gasteiger partial charge in [-0.3, -0.25) is 4.79 Å². The van der Waals surface area contributed by atoms with Gasteiger partial charge in [0.25, 0.3) is 5.91 Å². The van der Waals surface area contributed by atoms with E-state index in [1.165, 1.54) is 0 Å². The second-order valence-electron chi connectivity index (χ2n) is 3.97. The molecule has 3 N–H and O–H groups in total. The number of amides is 1. The molecule has 0 saturated carbocycles. The third-order valence-electron chi connectivity index (χ3n) is 2.94. The SMILES string of the molecule is COc1cc2c(cc1OC)C(=O)NC(CN)C2. The zero-order valence-corrected chi connectivity index (χ0v) is 9.95. The molecular formula is C12H16N2O3. The van der Waals surface area contributed by atoms with E-state index < -0.39 is 0 Å². The summed E-state index contributed by atoms with van der Waals surface area (Å²) in [4.78, 5) is 11.9. The monoisotopic (exact) mass is 236 g/mol. The zero-order chi connectivity index (χ0) is 12.4. The van der Waals surface area contributed by atoms with Gasteiger partial charge in [-0.15, -0.1) is 0 Å². The maximum Gasteiger partial charge on any atom is 0.251 e. The Bertz CT molecular complexity index is 446. The Morgan fingerprint density at radius 3 is 2.59 bits per heavy atom. The zero-order valence-electron chi connectivity index (χ0n) is 9.95. The molecule has 1 heterocycles. The number of benzene rings is 1. The molecule has 1 atom stereocenters. The van der Waals surface area contributed by atoms with Gasteiger partial charge in [0, 0.05) is 18.2 Å². The molecule has 92 valence electrons. The Labute approximate surface area is 99.9 Å². The molecule has 1 aliphatic rings. The Balaban J connectivity index is 2.46. The predicted molar refractivity (Wildman–Crippen MR) is 63.6 cm³/mol. The van der Waals surface area contributed by atoms with Crippen molar-refractivity contribution in [2.75, 3.05) is 20.8 Å². The van der Waals surface area contributed by atoms with E-state index in [4.69, 9.17) is 15.2 Å². The molecule has 0 aromatic heterocycles. The minimum absolute atomic E-state index is 0.00639. The number of nitrogens with two attached hydrogens (primary N) is 1. The van der Waals surface area contributed by atoms with E-state index in [1.54, 1.807) is 20.3 Å². The minimum atomic E-state index is -0.109. The Morgan fingerprint density at radius 1 is 1.35 bits per heavy atom. The summed E-state index contributed by atoms with van der Waals surface area (Å²) < 4.78 is 10.4. The van der Waals surface area contributed by atoms with Crippen LogP contribution in [0.25, 0.3) is 0 Å². The van der Waals surface area contributed by atoms with Gasteiger partial charge >= 0.3 is 0 Å². The van der Waals surface area contributed by atoms with E-state index in [0.29, 0.717) is 23.6 Å². The predicted octanol–water partition coefficient (Wildman–Crippen LogP) is 0.317. The average molecular weight is 236 g/mol. The maximum absolute atomic E-state index is 11.9. The summed E-state index contributed by atoms with van der Waals surface area (Å²) in [5.74, 6) is 1.09. The van der Waals surface area contributed by atoms with Gasteiger partial charge in [-0.25, -0.2) is 0 Å². The van der Waals surface area contributed by atoms with Gasteiger partial charge in [-0.2, -0.15) is 0 Å². The quantitative estimate of drug-likeness (QED) is 0.792. The molecule has 5 heteroatoms. The summed E-state index contributed by atoms with van der Waals surface area (Å²) in [6.45, 7) is 0.430. The Hall–Kier alpha value is -1.75. The van der Waals surface area contributed by atoms with Crippen LogP contribution in [0.15, 0.2) is 12.1 Å². The minimum Gasteiger partial charge on any atom is -0.493 e. The van der Waals surface area contributed by atoms with Crippen molar-refractivity contribution in [1.29, 1.82) is 0 Å². The van der Waals surface area contributed by atoms with Gasteiger partial charge in [-0.1, -0.05) is 0 Å². The van der Waals surface area contributed by atoms with Gasteiger partial charge < -0.3 is 20.5 Å². The first-order valence-corrected chi connectivity index (χ1v) is 5.45. The number of nitrogens with one attached hydrogen (secondary N) is 1. The standard InChI is InChI=1S/C12H16N2O3/c1-16-10-4-7-3-8(6-13)14-12(15)9(7)5-11(10)17-2/h4-5,8H,3,6,13H2,1-2H3,(H,14,15). The number of hydrogen-bond acceptors (Lipinski definition) is 4. The number of fused-ring (bicyclic) bond motifs is 1. The van der Waals surface area contributed by atoms with Crippen LogP contribution < -0.4 is 20.5 Å². The van der Waals surface area contributed by atoms with Crippen molar-refractivity contribution in [3.05, 3.63) is 23.3 Å². The molecule has 1 amide bonds. The molecule has 0 fully saturated rings. The third kappa shape index (κ3) is 2.06. The highest BCUT2D eigenvalue weighted by Gasteiger charge is 2.25. The third-order valence-corrected chi connectivity index (χ3v) is 2.94. The van der Waals surface area contributed by atoms with E-state index >= 15 is 0 Å². The topological polar surface area (TPSA) is 73.6 Å². The first kappa shape index (κ1) is 11.7. The highest BCUT2D eigenvalue weighted by atomic mass is 16.5. The maximum atomic E-state index is 11.9. The van der Waals surface area contributed by atoms with Crippen LogP contribution in [0.2, 0.25) is 0 Å². The fourth-order valence-corrected chi connectivity index (χ4v) is 2.02. The van der Waals surface area contributed by atoms with Crippen molar-refractivity contribution in [3.63, 3.8) is 0 Å². The average Bonchev–Trinajstić information content (AvgIpc) is 2.36. The number of hydrogen-bond donors (Lipinski definition) is 2. The van der Waals surface area contributed by atoms with Crippen LogP contribution in [0.1, 0.15) is 15.9 Å². The van der Waals surface area contributed by atoms with Gasteiger partial charge in [0.05, 0.1) is 14.2 Å². The molecule has 17 heavy (non-hydrogen) atoms. The van der Waals surface area contributed by atoms with Crippen LogP contribution in [0.3, 0.4) is 0 Å². The van der Waals surface area contributed by atoms with Crippen LogP contribution in [-0.4, -0.2) is 32.7 Å². The summed E-state index contributed by atoms with van der Waals surface area (Å²) in [6, 6.07) is 3.54. The van der Waals surface area contributed by atoms with Gasteiger partial charge in [-0.05, 0) is 24.1 Å². The summed E-state index contributed by atoms with van der Waals surface area (Å²) >= 11 is 0. The molecule has 5 nitrogen and oxygen atoms in total. The Morgan fingerprint density at radius 2 is 2.00 bits per heavy atom. The lowest BCUT2D eigenvalue weighted by molar-refractivity contribution is 0.0926. The van der Waals surface area contributed by atoms with Crippen molar-refractivity contribution < 1.29 is 14.3 Å². The smallest absolute Gasteiger partial charge is 0.251 e. The number of ether oxygens (including phenoxy) is 2. The van der Waals surface area contributed by atoms with Gasteiger partial charge in [0.2, 0.25) is 0 Å². The number of rotatable bonds is 3. The first-order valence-electron chi connectivity index (χ1n) is 5.45. The number of carbonyl (C=O) groups excluding carboxylic acids is 1. The summed E-state index contributed by atoms with van der Waals surface area (Å²) in [6.07, 6.45) is 0.720. The number of methoxy groups -OCH3 is 2. The summed E-state index contributed by atoms with van der Waals surface area (Å²) in [5, 5.41) is 2.85. The molecule has 1 aromatic rings. The second-order valence-corrected chi connectivity index (χ2v) is 3.97. The van der Waals surface area contributed by atoms with Crippen LogP contribution >= 0.6 is 0 Å². The van der Waals surface area contributed by atoms with Crippen LogP contribution in [-0.2, 0) is 6.42 Å². The first-order chi connectivity index (χ1) is 8.19. The summed E-state index contributed by atoms with van der Waals surface area (Å²) in [7, 11) is 3.13. The van der Waals surface area contributed by atoms with E-state index in [0.717, 1.165) is 12.0 Å². The van der Waals surface area contributed by atoms with Crippen molar-refractivity contribution in [2.24, 2.45) is 5.73 Å². The molecule has 2 rings (SSSR count). The molecular weight excluding hydrogens is 220 g/mol. The highest BCUT2D eigenvalue weighted by molar-refractivity contribution is 5.97. The van der Waals surface area contributed by atoms with E-state index in [1.807, 2.05) is 6.07 Å². The number of carbonyl (C=O) groups is 1. The fourth-order valence-electron chi connectivity index (χ4n) is 2.02. The molecule has 0 spiro atoms. The van der Waals surface area contributed by atoms with Crippen LogP contribution in [0, 0.1) is 0 Å². The summed E-state index contributed by atoms with van der Waals surface area (Å²) in [5.41, 5.74) is 7.16. The van der Waals surface area contributed by atoms with E-state index in [9.17, 15) is 4.79 Å². The van der Waals surface area contributed by atoms with Crippen LogP contribution in [0.4, 0.5) is 0 Å². The van der Waals surface area contributed by atoms with Crippen molar-refractivity contribution in [1.82, 2.24) is 5.32 Å². The molecule has 0 saturated heterocycles. The lowest BCUT2D eigenvalue weighted by Crippen LogP contribution is -2.45. The highest BCUT2D eigenvalue weighted by Crippen LogP contribution is 2.32. The normalized spacial score (nSPS) is 18.3. The Kier molecular flexibility index (Phi) is 3.19. The van der Waals surface area contributed by atoms with Crippen molar-refractivity contribution >= 4 is 5.91 Å². The lowest BCUT2D eigenvalue weighted by Gasteiger charge is -2.25. The van der Waals surface area contributed by atoms with Crippen molar-refractivity contribution in [3.8, 4) is 11.5 Å². The van der Waals surface area contributed by atoms with Gasteiger partial charge in [0.15, 0.2) is 11.5 Å². The lowest BCUT2D eigenvalue weighted by atomic mass is 9.94. The fraction of sp³-hybridized carbons (Fsp3) is 0.417. The van der Waals surface area contributed by atoms with Crippen molar-refractivity contribution in [2.45, 2.75) is 12.5 Å². The van der Waals surface area contributed by atoms with E-state index in [2.05, 4.69) is 5.32 Å².